The Balaban J connectivity index is 2.14. The average Bonchev–Trinajstić information content (AvgIpc) is 2.93. The lowest BCUT2D eigenvalue weighted by Crippen LogP contribution is -2.12. The van der Waals surface area contributed by atoms with Gasteiger partial charge in [-0.1, -0.05) is 12.1 Å². The van der Waals surface area contributed by atoms with E-state index in [0.29, 0.717) is 0 Å². The number of esters is 1. The highest BCUT2D eigenvalue weighted by molar-refractivity contribution is 5.83. The molecule has 0 spiro atoms. The summed E-state index contributed by atoms with van der Waals surface area (Å²) in [5.41, 5.74) is 2.66. The molecule has 0 aliphatic rings. The van der Waals surface area contributed by atoms with Crippen molar-refractivity contribution >= 4 is 17.0 Å². The predicted molar refractivity (Wildman–Crippen MR) is 83.7 cm³/mol. The van der Waals surface area contributed by atoms with E-state index in [1.54, 1.807) is 7.11 Å². The molecule has 5 nitrogen and oxygen atoms in total. The molecule has 0 aliphatic heterocycles. The van der Waals surface area contributed by atoms with Crippen LogP contribution in [0.3, 0.4) is 0 Å². The van der Waals surface area contributed by atoms with E-state index in [4.69, 9.17) is 9.47 Å². The molecular weight excluding hydrogens is 280 g/mol. The number of carbonyl (C=O) groups is 1. The molecule has 0 aliphatic carbocycles. The molecule has 1 heterocycles. The molecule has 112 valence electrons. The van der Waals surface area contributed by atoms with E-state index in [0.717, 1.165) is 28.2 Å². The number of methoxy groups -OCH3 is 2. The van der Waals surface area contributed by atoms with Crippen LogP contribution in [-0.4, -0.2) is 29.7 Å². The summed E-state index contributed by atoms with van der Waals surface area (Å²) in [7, 11) is 3.01. The quantitative estimate of drug-likeness (QED) is 0.695. The number of imidazole rings is 1. The summed E-state index contributed by atoms with van der Waals surface area (Å²) in [6.45, 7) is 0.123. The Morgan fingerprint density at radius 3 is 2.50 bits per heavy atom. The van der Waals surface area contributed by atoms with Gasteiger partial charge in [0, 0.05) is 5.56 Å². The van der Waals surface area contributed by atoms with E-state index in [1.807, 2.05) is 53.1 Å². The molecule has 5 heteroatoms. The van der Waals surface area contributed by atoms with Crippen LogP contribution in [0.4, 0.5) is 0 Å². The minimum atomic E-state index is -0.307. The predicted octanol–water partition coefficient (Wildman–Crippen LogP) is 2.88. The van der Waals surface area contributed by atoms with Crippen LogP contribution in [0.2, 0.25) is 0 Å². The lowest BCUT2D eigenvalue weighted by Gasteiger charge is -2.08. The second-order valence-corrected chi connectivity index (χ2v) is 4.81. The van der Waals surface area contributed by atoms with Gasteiger partial charge in [-0.25, -0.2) is 4.98 Å². The largest absolute Gasteiger partial charge is 0.497 e. The molecule has 0 radical (unpaired) electrons. The maximum atomic E-state index is 11.7. The molecule has 0 unspecified atom stereocenters. The molecular formula is C17H16N2O3. The summed E-state index contributed by atoms with van der Waals surface area (Å²) in [6, 6.07) is 15.3. The monoisotopic (exact) mass is 296 g/mol. The fourth-order valence-electron chi connectivity index (χ4n) is 2.39. The molecule has 3 aromatic rings. The number of nitrogens with zero attached hydrogens (tertiary/aromatic N) is 2. The lowest BCUT2D eigenvalue weighted by atomic mass is 10.2. The van der Waals surface area contributed by atoms with E-state index in [1.165, 1.54) is 7.11 Å². The SMILES string of the molecule is COC(=O)Cn1c(-c2ccc(OC)cc2)nc2ccccc21. The van der Waals surface area contributed by atoms with Crippen LogP contribution in [0, 0.1) is 0 Å². The summed E-state index contributed by atoms with van der Waals surface area (Å²) in [6.07, 6.45) is 0. The number of ether oxygens (including phenoxy) is 2. The van der Waals surface area contributed by atoms with Gasteiger partial charge in [-0.15, -0.1) is 0 Å². The Morgan fingerprint density at radius 1 is 1.09 bits per heavy atom. The third-order valence-electron chi connectivity index (χ3n) is 3.52. The van der Waals surface area contributed by atoms with Crippen molar-refractivity contribution in [3.8, 4) is 17.1 Å². The minimum absolute atomic E-state index is 0.123. The average molecular weight is 296 g/mol. The first kappa shape index (κ1) is 14.1. The van der Waals surface area contributed by atoms with E-state index in [9.17, 15) is 4.79 Å². The molecule has 2 aromatic carbocycles. The van der Waals surface area contributed by atoms with Gasteiger partial charge in [-0.3, -0.25) is 4.79 Å². The number of aromatic nitrogens is 2. The van der Waals surface area contributed by atoms with E-state index >= 15 is 0 Å². The molecule has 0 atom stereocenters. The van der Waals surface area contributed by atoms with Crippen LogP contribution in [0.25, 0.3) is 22.4 Å². The maximum Gasteiger partial charge on any atom is 0.325 e. The number of hydrogen-bond acceptors (Lipinski definition) is 4. The van der Waals surface area contributed by atoms with Crippen LogP contribution in [0.5, 0.6) is 5.75 Å². The summed E-state index contributed by atoms with van der Waals surface area (Å²) in [5, 5.41) is 0. The number of benzene rings is 2. The highest BCUT2D eigenvalue weighted by Gasteiger charge is 2.15. The zero-order valence-corrected chi connectivity index (χ0v) is 12.4. The first-order valence-corrected chi connectivity index (χ1v) is 6.89. The highest BCUT2D eigenvalue weighted by Crippen LogP contribution is 2.26. The molecule has 0 amide bonds. The Bertz CT molecular complexity index is 806. The first-order chi connectivity index (χ1) is 10.7. The molecule has 22 heavy (non-hydrogen) atoms. The van der Waals surface area contributed by atoms with Gasteiger partial charge in [-0.2, -0.15) is 0 Å². The Hall–Kier alpha value is -2.82. The van der Waals surface area contributed by atoms with Crippen molar-refractivity contribution in [3.63, 3.8) is 0 Å². The standard InChI is InChI=1S/C17H16N2O3/c1-21-13-9-7-12(8-10-13)17-18-14-5-3-4-6-15(14)19(17)11-16(20)22-2/h3-10H,11H2,1-2H3. The van der Waals surface area contributed by atoms with Crippen LogP contribution >= 0.6 is 0 Å². The van der Waals surface area contributed by atoms with Crippen molar-refractivity contribution in [1.82, 2.24) is 9.55 Å². The van der Waals surface area contributed by atoms with Crippen molar-refractivity contribution in [2.45, 2.75) is 6.54 Å². The number of fused-ring (bicyclic) bond motifs is 1. The molecule has 0 N–H and O–H groups in total. The van der Waals surface area contributed by atoms with Crippen LogP contribution < -0.4 is 4.74 Å². The Kier molecular flexibility index (Phi) is 3.78. The lowest BCUT2D eigenvalue weighted by molar-refractivity contribution is -0.141. The van der Waals surface area contributed by atoms with Crippen molar-refractivity contribution in [1.29, 1.82) is 0 Å². The second-order valence-electron chi connectivity index (χ2n) is 4.81. The molecule has 0 saturated heterocycles. The van der Waals surface area contributed by atoms with E-state index in [2.05, 4.69) is 4.98 Å². The minimum Gasteiger partial charge on any atom is -0.497 e. The second kappa shape index (κ2) is 5.89. The van der Waals surface area contributed by atoms with E-state index < -0.39 is 0 Å². The van der Waals surface area contributed by atoms with Crippen molar-refractivity contribution in [3.05, 3.63) is 48.5 Å². The third-order valence-corrected chi connectivity index (χ3v) is 3.52. The summed E-state index contributed by atoms with van der Waals surface area (Å²) in [5.74, 6) is 1.20. The molecule has 1 aromatic heterocycles. The molecule has 0 fully saturated rings. The zero-order valence-electron chi connectivity index (χ0n) is 12.4. The fourth-order valence-corrected chi connectivity index (χ4v) is 2.39. The molecule has 3 rings (SSSR count). The van der Waals surface area contributed by atoms with Gasteiger partial charge in [0.2, 0.25) is 0 Å². The van der Waals surface area contributed by atoms with Gasteiger partial charge >= 0.3 is 5.97 Å². The van der Waals surface area contributed by atoms with Gasteiger partial charge in [0.15, 0.2) is 0 Å². The first-order valence-electron chi connectivity index (χ1n) is 6.89. The van der Waals surface area contributed by atoms with Gasteiger partial charge in [0.1, 0.15) is 18.1 Å². The molecule has 0 saturated carbocycles. The van der Waals surface area contributed by atoms with Crippen LogP contribution in [-0.2, 0) is 16.1 Å². The summed E-state index contributed by atoms with van der Waals surface area (Å²) >= 11 is 0. The Labute approximate surface area is 128 Å². The number of rotatable bonds is 4. The highest BCUT2D eigenvalue weighted by atomic mass is 16.5. The normalized spacial score (nSPS) is 10.6. The van der Waals surface area contributed by atoms with Crippen LogP contribution in [0.1, 0.15) is 0 Å². The topological polar surface area (TPSA) is 53.4 Å². The summed E-state index contributed by atoms with van der Waals surface area (Å²) in [4.78, 5) is 16.4. The molecule has 0 bridgehead atoms. The van der Waals surface area contributed by atoms with Crippen molar-refractivity contribution in [2.75, 3.05) is 14.2 Å². The van der Waals surface area contributed by atoms with Crippen molar-refractivity contribution < 1.29 is 14.3 Å². The smallest absolute Gasteiger partial charge is 0.325 e. The van der Waals surface area contributed by atoms with Gasteiger partial charge in [-0.05, 0) is 36.4 Å². The van der Waals surface area contributed by atoms with Gasteiger partial charge < -0.3 is 14.0 Å². The third kappa shape index (κ3) is 2.53. The zero-order chi connectivity index (χ0) is 15.5. The number of carbonyl (C=O) groups excluding carboxylic acids is 1. The van der Waals surface area contributed by atoms with Gasteiger partial charge in [0.05, 0.1) is 25.3 Å². The van der Waals surface area contributed by atoms with Crippen molar-refractivity contribution in [2.24, 2.45) is 0 Å². The number of para-hydroxylation sites is 2. The van der Waals surface area contributed by atoms with E-state index in [-0.39, 0.29) is 12.5 Å². The summed E-state index contributed by atoms with van der Waals surface area (Å²) < 4.78 is 11.8. The Morgan fingerprint density at radius 2 is 1.82 bits per heavy atom. The fraction of sp³-hybridized carbons (Fsp3) is 0.176. The maximum absolute atomic E-state index is 11.7. The van der Waals surface area contributed by atoms with Gasteiger partial charge in [0.25, 0.3) is 0 Å². The van der Waals surface area contributed by atoms with Crippen LogP contribution in [0.15, 0.2) is 48.5 Å². The number of hydrogen-bond donors (Lipinski definition) is 0.